The zero-order valence-electron chi connectivity index (χ0n) is 10.3. The van der Waals surface area contributed by atoms with E-state index in [4.69, 9.17) is 9.84 Å². The smallest absolute Gasteiger partial charge is 0.116 e. The molecule has 3 atom stereocenters. The lowest BCUT2D eigenvalue weighted by molar-refractivity contribution is 0.0811. The van der Waals surface area contributed by atoms with E-state index in [1.165, 1.54) is 0 Å². The van der Waals surface area contributed by atoms with Crippen LogP contribution in [-0.4, -0.2) is 29.5 Å². The van der Waals surface area contributed by atoms with Crippen molar-refractivity contribution in [1.82, 2.24) is 0 Å². The zero-order valence-corrected chi connectivity index (χ0v) is 10.3. The Morgan fingerprint density at radius 1 is 1.39 bits per heavy atom. The SMILES string of the molecule is OCCC[C@H]1Nc2ccc(O)cc2[C@H]2OCC[C@H]21. The number of benzene rings is 1. The largest absolute Gasteiger partial charge is 0.508 e. The number of nitrogens with one attached hydrogen (secondary N) is 1. The van der Waals surface area contributed by atoms with Crippen molar-refractivity contribution in [2.45, 2.75) is 31.4 Å². The van der Waals surface area contributed by atoms with E-state index in [1.807, 2.05) is 6.07 Å². The molecular weight excluding hydrogens is 230 g/mol. The highest BCUT2D eigenvalue weighted by atomic mass is 16.5. The minimum absolute atomic E-state index is 0.0945. The first-order valence-electron chi connectivity index (χ1n) is 6.61. The van der Waals surface area contributed by atoms with Crippen LogP contribution in [0.1, 0.15) is 30.9 Å². The Hall–Kier alpha value is -1.26. The predicted octanol–water partition coefficient (Wildman–Crippen LogP) is 2.04. The summed E-state index contributed by atoms with van der Waals surface area (Å²) in [5.41, 5.74) is 2.12. The third-order valence-corrected chi connectivity index (χ3v) is 4.01. The highest BCUT2D eigenvalue weighted by Crippen LogP contribution is 2.46. The summed E-state index contributed by atoms with van der Waals surface area (Å²) < 4.78 is 5.83. The number of hydrogen-bond donors (Lipinski definition) is 3. The summed E-state index contributed by atoms with van der Waals surface area (Å²) in [6.45, 7) is 1.01. The number of fused-ring (bicyclic) bond motifs is 3. The number of rotatable bonds is 3. The molecule has 2 aliphatic heterocycles. The number of phenolic OH excluding ortho intramolecular Hbond substituents is 1. The van der Waals surface area contributed by atoms with Gasteiger partial charge in [-0.1, -0.05) is 0 Å². The lowest BCUT2D eigenvalue weighted by Gasteiger charge is -2.36. The van der Waals surface area contributed by atoms with E-state index >= 15 is 0 Å². The van der Waals surface area contributed by atoms with Gasteiger partial charge in [-0.05, 0) is 37.5 Å². The van der Waals surface area contributed by atoms with Crippen LogP contribution < -0.4 is 5.32 Å². The third-order valence-electron chi connectivity index (χ3n) is 4.01. The van der Waals surface area contributed by atoms with Gasteiger partial charge < -0.3 is 20.3 Å². The standard InChI is InChI=1S/C14H19NO3/c16-6-1-2-12-10-5-7-18-14(10)11-8-9(17)3-4-13(11)15-12/h3-4,8,10,12,14-17H,1-2,5-7H2/t10-,12+,14-/m0/s1. The number of anilines is 1. The highest BCUT2D eigenvalue weighted by molar-refractivity contribution is 5.58. The van der Waals surface area contributed by atoms with Gasteiger partial charge >= 0.3 is 0 Å². The molecule has 98 valence electrons. The summed E-state index contributed by atoms with van der Waals surface area (Å²) in [4.78, 5) is 0. The molecule has 18 heavy (non-hydrogen) atoms. The predicted molar refractivity (Wildman–Crippen MR) is 68.6 cm³/mol. The van der Waals surface area contributed by atoms with Crippen LogP contribution in [0.4, 0.5) is 5.69 Å². The van der Waals surface area contributed by atoms with Crippen molar-refractivity contribution in [2.24, 2.45) is 5.92 Å². The Morgan fingerprint density at radius 2 is 2.28 bits per heavy atom. The third kappa shape index (κ3) is 1.95. The fraction of sp³-hybridized carbons (Fsp3) is 0.571. The van der Waals surface area contributed by atoms with Gasteiger partial charge in [0, 0.05) is 36.4 Å². The van der Waals surface area contributed by atoms with Crippen LogP contribution in [-0.2, 0) is 4.74 Å². The number of aromatic hydroxyl groups is 1. The second-order valence-electron chi connectivity index (χ2n) is 5.13. The van der Waals surface area contributed by atoms with Crippen LogP contribution in [0.15, 0.2) is 18.2 Å². The molecule has 4 nitrogen and oxygen atoms in total. The Kier molecular flexibility index (Phi) is 3.14. The zero-order chi connectivity index (χ0) is 12.5. The van der Waals surface area contributed by atoms with Gasteiger partial charge in [0.1, 0.15) is 5.75 Å². The molecule has 1 aromatic rings. The molecule has 3 N–H and O–H groups in total. The molecule has 2 aliphatic rings. The van der Waals surface area contributed by atoms with Crippen LogP contribution in [0, 0.1) is 5.92 Å². The van der Waals surface area contributed by atoms with E-state index in [1.54, 1.807) is 12.1 Å². The number of aliphatic hydroxyl groups excluding tert-OH is 1. The molecule has 4 heteroatoms. The number of ether oxygens (including phenoxy) is 1. The van der Waals surface area contributed by atoms with Gasteiger partial charge in [-0.15, -0.1) is 0 Å². The molecule has 0 bridgehead atoms. The second kappa shape index (κ2) is 4.78. The summed E-state index contributed by atoms with van der Waals surface area (Å²) >= 11 is 0. The van der Waals surface area contributed by atoms with Crippen molar-refractivity contribution in [3.8, 4) is 5.75 Å². The topological polar surface area (TPSA) is 61.7 Å². The van der Waals surface area contributed by atoms with E-state index in [0.717, 1.165) is 37.1 Å². The summed E-state index contributed by atoms with van der Waals surface area (Å²) in [7, 11) is 0. The summed E-state index contributed by atoms with van der Waals surface area (Å²) in [5.74, 6) is 0.740. The molecule has 0 aromatic heterocycles. The second-order valence-corrected chi connectivity index (χ2v) is 5.13. The van der Waals surface area contributed by atoms with Crippen molar-refractivity contribution in [3.63, 3.8) is 0 Å². The van der Waals surface area contributed by atoms with E-state index < -0.39 is 0 Å². The molecule has 0 radical (unpaired) electrons. The van der Waals surface area contributed by atoms with Gasteiger partial charge in [0.2, 0.25) is 0 Å². The Bertz CT molecular complexity index is 435. The number of hydrogen-bond acceptors (Lipinski definition) is 4. The quantitative estimate of drug-likeness (QED) is 0.717. The Morgan fingerprint density at radius 3 is 3.11 bits per heavy atom. The van der Waals surface area contributed by atoms with Gasteiger partial charge in [0.25, 0.3) is 0 Å². The number of aliphatic hydroxyl groups is 1. The van der Waals surface area contributed by atoms with Gasteiger partial charge in [0.15, 0.2) is 0 Å². The average molecular weight is 249 g/mol. The molecule has 0 spiro atoms. The molecule has 2 heterocycles. The first-order chi connectivity index (χ1) is 8.79. The number of phenols is 1. The molecule has 0 aliphatic carbocycles. The van der Waals surface area contributed by atoms with Gasteiger partial charge in [-0.3, -0.25) is 0 Å². The Balaban J connectivity index is 1.89. The van der Waals surface area contributed by atoms with Crippen molar-refractivity contribution in [1.29, 1.82) is 0 Å². The van der Waals surface area contributed by atoms with Crippen LogP contribution in [0.3, 0.4) is 0 Å². The van der Waals surface area contributed by atoms with Gasteiger partial charge in [-0.2, -0.15) is 0 Å². The van der Waals surface area contributed by atoms with Crippen molar-refractivity contribution in [3.05, 3.63) is 23.8 Å². The van der Waals surface area contributed by atoms with Crippen LogP contribution in [0.5, 0.6) is 5.75 Å². The van der Waals surface area contributed by atoms with E-state index in [2.05, 4.69) is 5.32 Å². The minimum atomic E-state index is 0.0945. The fourth-order valence-electron chi connectivity index (χ4n) is 3.16. The van der Waals surface area contributed by atoms with Crippen LogP contribution in [0.25, 0.3) is 0 Å². The molecule has 0 saturated carbocycles. The lowest BCUT2D eigenvalue weighted by atomic mass is 9.82. The van der Waals surface area contributed by atoms with Gasteiger partial charge in [-0.25, -0.2) is 0 Å². The maximum Gasteiger partial charge on any atom is 0.116 e. The van der Waals surface area contributed by atoms with Crippen molar-refractivity contribution < 1.29 is 14.9 Å². The van der Waals surface area contributed by atoms with Crippen LogP contribution >= 0.6 is 0 Å². The lowest BCUT2D eigenvalue weighted by Crippen LogP contribution is -2.36. The molecule has 1 aromatic carbocycles. The normalized spacial score (nSPS) is 29.5. The first-order valence-corrected chi connectivity index (χ1v) is 6.61. The van der Waals surface area contributed by atoms with E-state index in [-0.39, 0.29) is 12.7 Å². The Labute approximate surface area is 107 Å². The molecule has 0 amide bonds. The van der Waals surface area contributed by atoms with Crippen molar-refractivity contribution in [2.75, 3.05) is 18.5 Å². The fourth-order valence-corrected chi connectivity index (χ4v) is 3.16. The summed E-state index contributed by atoms with van der Waals surface area (Å²) in [6, 6.07) is 5.77. The average Bonchev–Trinajstić information content (AvgIpc) is 2.86. The van der Waals surface area contributed by atoms with Gasteiger partial charge in [0.05, 0.1) is 6.10 Å². The molecule has 0 unspecified atom stereocenters. The van der Waals surface area contributed by atoms with E-state index in [0.29, 0.717) is 17.7 Å². The summed E-state index contributed by atoms with van der Waals surface area (Å²) in [6.07, 6.45) is 2.91. The molecule has 3 rings (SSSR count). The molecule has 1 saturated heterocycles. The maximum atomic E-state index is 9.60. The highest BCUT2D eigenvalue weighted by Gasteiger charge is 2.40. The summed E-state index contributed by atoms with van der Waals surface area (Å²) in [5, 5.41) is 22.1. The van der Waals surface area contributed by atoms with Crippen molar-refractivity contribution >= 4 is 5.69 Å². The first kappa shape index (κ1) is 11.8. The maximum absolute atomic E-state index is 9.60. The molecule has 1 fully saturated rings. The van der Waals surface area contributed by atoms with E-state index in [9.17, 15) is 5.11 Å². The monoisotopic (exact) mass is 249 g/mol. The molecular formula is C14H19NO3. The van der Waals surface area contributed by atoms with Crippen LogP contribution in [0.2, 0.25) is 0 Å². The minimum Gasteiger partial charge on any atom is -0.508 e.